The second-order valence-electron chi connectivity index (χ2n) is 3.64. The van der Waals surface area contributed by atoms with Gasteiger partial charge in [-0.15, -0.1) is 0 Å². The monoisotopic (exact) mass is 298 g/mol. The van der Waals surface area contributed by atoms with Crippen molar-refractivity contribution < 1.29 is 9.50 Å². The molecule has 0 aliphatic heterocycles. The molecule has 90 valence electrons. The number of halogens is 2. The quantitative estimate of drug-likeness (QED) is 0.946. The van der Waals surface area contributed by atoms with Gasteiger partial charge in [-0.1, -0.05) is 22.0 Å². The van der Waals surface area contributed by atoms with Crippen LogP contribution in [-0.4, -0.2) is 14.7 Å². The average molecular weight is 299 g/mol. The highest BCUT2D eigenvalue weighted by atomic mass is 79.9. The zero-order chi connectivity index (χ0) is 12.4. The van der Waals surface area contributed by atoms with Crippen LogP contribution in [0.25, 0.3) is 0 Å². The summed E-state index contributed by atoms with van der Waals surface area (Å²) in [5, 5.41) is 10.1. The molecule has 1 heterocycles. The van der Waals surface area contributed by atoms with Crippen LogP contribution in [0.4, 0.5) is 4.39 Å². The molecule has 5 heteroatoms. The van der Waals surface area contributed by atoms with E-state index in [2.05, 4.69) is 20.9 Å². The van der Waals surface area contributed by atoms with E-state index in [0.29, 0.717) is 16.8 Å². The lowest BCUT2D eigenvalue weighted by molar-refractivity contribution is 0.200. The zero-order valence-electron chi connectivity index (χ0n) is 9.27. The molecule has 0 aliphatic carbocycles. The Balaban J connectivity index is 2.40. The standard InChI is InChI=1S/C12H12BrFN2O/c1-2-16-6-5-15-12(16)11(17)9-4-3-8(13)7-10(9)14/h3-7,11,17H,2H2,1H3. The van der Waals surface area contributed by atoms with Crippen LogP contribution >= 0.6 is 15.9 Å². The minimum Gasteiger partial charge on any atom is -0.380 e. The minimum atomic E-state index is -1.04. The SMILES string of the molecule is CCn1ccnc1C(O)c1ccc(Br)cc1F. The third-order valence-electron chi connectivity index (χ3n) is 2.59. The Kier molecular flexibility index (Phi) is 3.59. The Labute approximate surface area is 107 Å². The molecule has 0 saturated heterocycles. The number of hydrogen-bond donors (Lipinski definition) is 1. The summed E-state index contributed by atoms with van der Waals surface area (Å²) in [4.78, 5) is 4.06. The Morgan fingerprint density at radius 2 is 2.29 bits per heavy atom. The van der Waals surface area contributed by atoms with Crippen LogP contribution in [0, 0.1) is 5.82 Å². The first kappa shape index (κ1) is 12.3. The van der Waals surface area contributed by atoms with Crippen LogP contribution in [0.3, 0.4) is 0 Å². The maximum atomic E-state index is 13.7. The first-order chi connectivity index (χ1) is 8.13. The summed E-state index contributed by atoms with van der Waals surface area (Å²) in [5.41, 5.74) is 0.231. The maximum absolute atomic E-state index is 13.7. The van der Waals surface area contributed by atoms with Crippen molar-refractivity contribution in [2.75, 3.05) is 0 Å². The number of benzene rings is 1. The maximum Gasteiger partial charge on any atom is 0.142 e. The lowest BCUT2D eigenvalue weighted by Gasteiger charge is -2.13. The topological polar surface area (TPSA) is 38.0 Å². The first-order valence-electron chi connectivity index (χ1n) is 5.27. The normalized spacial score (nSPS) is 12.7. The minimum absolute atomic E-state index is 0.231. The van der Waals surface area contributed by atoms with Crippen molar-refractivity contribution in [3.8, 4) is 0 Å². The van der Waals surface area contributed by atoms with E-state index in [0.717, 1.165) is 0 Å². The lowest BCUT2D eigenvalue weighted by atomic mass is 10.1. The van der Waals surface area contributed by atoms with Gasteiger partial charge in [0.15, 0.2) is 0 Å². The van der Waals surface area contributed by atoms with Crippen molar-refractivity contribution in [3.05, 3.63) is 52.3 Å². The first-order valence-corrected chi connectivity index (χ1v) is 6.06. The van der Waals surface area contributed by atoms with Crippen LogP contribution < -0.4 is 0 Å². The van der Waals surface area contributed by atoms with Gasteiger partial charge in [-0.05, 0) is 19.1 Å². The van der Waals surface area contributed by atoms with Gasteiger partial charge >= 0.3 is 0 Å². The molecule has 0 bridgehead atoms. The molecule has 2 rings (SSSR count). The summed E-state index contributed by atoms with van der Waals surface area (Å²) in [6, 6.07) is 4.58. The summed E-state index contributed by atoms with van der Waals surface area (Å²) < 4.78 is 16.1. The van der Waals surface area contributed by atoms with E-state index in [1.54, 1.807) is 29.1 Å². The molecule has 0 aliphatic rings. The molecule has 0 amide bonds. The van der Waals surface area contributed by atoms with E-state index < -0.39 is 11.9 Å². The van der Waals surface area contributed by atoms with Crippen molar-refractivity contribution in [1.29, 1.82) is 0 Å². The Hall–Kier alpha value is -1.20. The van der Waals surface area contributed by atoms with Crippen molar-refractivity contribution in [2.45, 2.75) is 19.6 Å². The fraction of sp³-hybridized carbons (Fsp3) is 0.250. The van der Waals surface area contributed by atoms with Crippen molar-refractivity contribution in [1.82, 2.24) is 9.55 Å². The molecule has 1 aromatic carbocycles. The van der Waals surface area contributed by atoms with E-state index in [1.807, 2.05) is 6.92 Å². The molecule has 1 aromatic heterocycles. The number of aryl methyl sites for hydroxylation is 1. The molecule has 1 atom stereocenters. The highest BCUT2D eigenvalue weighted by Crippen LogP contribution is 2.25. The fourth-order valence-electron chi connectivity index (χ4n) is 1.70. The van der Waals surface area contributed by atoms with E-state index in [-0.39, 0.29) is 5.56 Å². The van der Waals surface area contributed by atoms with Gasteiger partial charge in [0.25, 0.3) is 0 Å². The largest absolute Gasteiger partial charge is 0.380 e. The molecule has 17 heavy (non-hydrogen) atoms. The number of aliphatic hydroxyl groups is 1. The predicted molar refractivity (Wildman–Crippen MR) is 66.1 cm³/mol. The van der Waals surface area contributed by atoms with Gasteiger partial charge in [0.05, 0.1) is 0 Å². The Morgan fingerprint density at radius 1 is 1.53 bits per heavy atom. The number of imidazole rings is 1. The lowest BCUT2D eigenvalue weighted by Crippen LogP contribution is -2.10. The highest BCUT2D eigenvalue weighted by Gasteiger charge is 2.19. The number of aromatic nitrogens is 2. The van der Waals surface area contributed by atoms with Crippen LogP contribution in [0.1, 0.15) is 24.4 Å². The van der Waals surface area contributed by atoms with Crippen molar-refractivity contribution >= 4 is 15.9 Å². The molecular formula is C12H12BrFN2O. The summed E-state index contributed by atoms with van der Waals surface area (Å²) in [6.45, 7) is 2.63. The number of aliphatic hydroxyl groups excluding tert-OH is 1. The summed E-state index contributed by atoms with van der Waals surface area (Å²) in [6.07, 6.45) is 2.31. The van der Waals surface area contributed by atoms with Gasteiger partial charge in [0.1, 0.15) is 17.7 Å². The second-order valence-corrected chi connectivity index (χ2v) is 4.56. The van der Waals surface area contributed by atoms with Gasteiger partial charge in [-0.2, -0.15) is 0 Å². The Bertz CT molecular complexity index is 527. The number of nitrogens with zero attached hydrogens (tertiary/aromatic N) is 2. The molecule has 0 fully saturated rings. The van der Waals surface area contributed by atoms with Crippen LogP contribution in [0.15, 0.2) is 35.1 Å². The molecule has 0 radical (unpaired) electrons. The molecule has 1 unspecified atom stereocenters. The third kappa shape index (κ3) is 2.40. The van der Waals surface area contributed by atoms with Gasteiger partial charge in [-0.25, -0.2) is 9.37 Å². The summed E-state index contributed by atoms with van der Waals surface area (Å²) in [7, 11) is 0. The molecule has 3 nitrogen and oxygen atoms in total. The number of rotatable bonds is 3. The Morgan fingerprint density at radius 3 is 2.94 bits per heavy atom. The zero-order valence-corrected chi connectivity index (χ0v) is 10.9. The summed E-state index contributed by atoms with van der Waals surface area (Å²) >= 11 is 3.18. The third-order valence-corrected chi connectivity index (χ3v) is 3.08. The molecular weight excluding hydrogens is 287 g/mol. The highest BCUT2D eigenvalue weighted by molar-refractivity contribution is 9.10. The van der Waals surface area contributed by atoms with Crippen LogP contribution in [-0.2, 0) is 6.54 Å². The van der Waals surface area contributed by atoms with Gasteiger partial charge in [0, 0.05) is 29.0 Å². The average Bonchev–Trinajstić information content (AvgIpc) is 2.76. The fourth-order valence-corrected chi connectivity index (χ4v) is 2.03. The van der Waals surface area contributed by atoms with E-state index >= 15 is 0 Å². The second kappa shape index (κ2) is 4.98. The van der Waals surface area contributed by atoms with E-state index in [4.69, 9.17) is 0 Å². The van der Waals surface area contributed by atoms with E-state index in [1.165, 1.54) is 6.07 Å². The molecule has 2 aromatic rings. The van der Waals surface area contributed by atoms with Gasteiger partial charge in [-0.3, -0.25) is 0 Å². The molecule has 0 spiro atoms. The smallest absolute Gasteiger partial charge is 0.142 e. The van der Waals surface area contributed by atoms with Gasteiger partial charge < -0.3 is 9.67 Å². The van der Waals surface area contributed by atoms with Gasteiger partial charge in [0.2, 0.25) is 0 Å². The van der Waals surface area contributed by atoms with Crippen LogP contribution in [0.2, 0.25) is 0 Å². The number of hydrogen-bond acceptors (Lipinski definition) is 2. The summed E-state index contributed by atoms with van der Waals surface area (Å²) in [5.74, 6) is 0.00579. The van der Waals surface area contributed by atoms with Crippen molar-refractivity contribution in [3.63, 3.8) is 0 Å². The molecule has 1 N–H and O–H groups in total. The van der Waals surface area contributed by atoms with Crippen LogP contribution in [0.5, 0.6) is 0 Å². The van der Waals surface area contributed by atoms with Crippen molar-refractivity contribution in [2.24, 2.45) is 0 Å². The predicted octanol–water partition coefficient (Wildman–Crippen LogP) is 2.89. The van der Waals surface area contributed by atoms with E-state index in [9.17, 15) is 9.50 Å². The molecule has 0 saturated carbocycles.